The number of hydrogen-bond donors (Lipinski definition) is 1. The van der Waals surface area contributed by atoms with Crippen LogP contribution < -0.4 is 5.73 Å². The predicted molar refractivity (Wildman–Crippen MR) is 102 cm³/mol. The smallest absolute Gasteiger partial charge is 0.248 e. The van der Waals surface area contributed by atoms with E-state index in [1.165, 1.54) is 54.4 Å². The van der Waals surface area contributed by atoms with Crippen LogP contribution in [0.25, 0.3) is 0 Å². The lowest BCUT2D eigenvalue weighted by Crippen LogP contribution is -2.20. The number of primary amides is 1. The van der Waals surface area contributed by atoms with E-state index in [2.05, 4.69) is 36.4 Å². The molecule has 2 aliphatic carbocycles. The molecule has 1 unspecified atom stereocenters. The van der Waals surface area contributed by atoms with Gasteiger partial charge in [-0.2, -0.15) is 0 Å². The molecular formula is C23H27NO. The van der Waals surface area contributed by atoms with Crippen LogP contribution in [0.1, 0.15) is 83.0 Å². The SMILES string of the molecule is NC(=O)c1ccc(C2CCCCC2)cc1C1CCc2ccccc2C1. The molecule has 2 aliphatic rings. The zero-order valence-electron chi connectivity index (χ0n) is 14.8. The molecule has 2 heteroatoms. The lowest BCUT2D eigenvalue weighted by molar-refractivity contribution is 0.0999. The summed E-state index contributed by atoms with van der Waals surface area (Å²) in [4.78, 5) is 12.0. The summed E-state index contributed by atoms with van der Waals surface area (Å²) in [5.74, 6) is 0.773. The molecule has 2 aromatic carbocycles. The molecule has 1 saturated carbocycles. The molecule has 130 valence electrons. The fourth-order valence-electron chi connectivity index (χ4n) is 4.80. The molecule has 25 heavy (non-hydrogen) atoms. The first kappa shape index (κ1) is 16.4. The normalized spacial score (nSPS) is 20.9. The second-order valence-electron chi connectivity index (χ2n) is 7.75. The van der Waals surface area contributed by atoms with Gasteiger partial charge in [-0.05, 0) is 72.3 Å². The van der Waals surface area contributed by atoms with E-state index in [4.69, 9.17) is 5.73 Å². The first-order valence-electron chi connectivity index (χ1n) is 9.73. The maximum absolute atomic E-state index is 12.0. The molecule has 0 radical (unpaired) electrons. The number of amides is 1. The molecule has 0 spiro atoms. The van der Waals surface area contributed by atoms with Crippen LogP contribution >= 0.6 is 0 Å². The molecule has 2 N–H and O–H groups in total. The van der Waals surface area contributed by atoms with Crippen molar-refractivity contribution in [3.8, 4) is 0 Å². The van der Waals surface area contributed by atoms with Crippen LogP contribution in [0.3, 0.4) is 0 Å². The van der Waals surface area contributed by atoms with Crippen molar-refractivity contribution in [1.82, 2.24) is 0 Å². The Morgan fingerprint density at radius 1 is 0.880 bits per heavy atom. The average molecular weight is 333 g/mol. The van der Waals surface area contributed by atoms with Gasteiger partial charge >= 0.3 is 0 Å². The Morgan fingerprint density at radius 2 is 1.64 bits per heavy atom. The maximum Gasteiger partial charge on any atom is 0.248 e. The van der Waals surface area contributed by atoms with Crippen LogP contribution in [0.4, 0.5) is 0 Å². The second kappa shape index (κ2) is 7.03. The first-order valence-corrected chi connectivity index (χ1v) is 9.73. The molecule has 2 nitrogen and oxygen atoms in total. The number of fused-ring (bicyclic) bond motifs is 1. The van der Waals surface area contributed by atoms with Gasteiger partial charge in [0, 0.05) is 5.56 Å². The van der Waals surface area contributed by atoms with Crippen molar-refractivity contribution in [3.63, 3.8) is 0 Å². The van der Waals surface area contributed by atoms with E-state index in [9.17, 15) is 4.79 Å². The predicted octanol–water partition coefficient (Wildman–Crippen LogP) is 5.11. The zero-order chi connectivity index (χ0) is 17.2. The first-order chi connectivity index (χ1) is 12.2. The van der Waals surface area contributed by atoms with E-state index in [0.717, 1.165) is 24.8 Å². The summed E-state index contributed by atoms with van der Waals surface area (Å²) >= 11 is 0. The Hall–Kier alpha value is -2.09. The summed E-state index contributed by atoms with van der Waals surface area (Å²) in [7, 11) is 0. The molecule has 4 rings (SSSR count). The van der Waals surface area contributed by atoms with E-state index in [0.29, 0.717) is 11.8 Å². The van der Waals surface area contributed by atoms with Crippen LogP contribution in [0.15, 0.2) is 42.5 Å². The highest BCUT2D eigenvalue weighted by Gasteiger charge is 2.25. The second-order valence-corrected chi connectivity index (χ2v) is 7.75. The lowest BCUT2D eigenvalue weighted by atomic mass is 9.76. The Kier molecular flexibility index (Phi) is 4.61. The van der Waals surface area contributed by atoms with E-state index in [-0.39, 0.29) is 5.91 Å². The topological polar surface area (TPSA) is 43.1 Å². The van der Waals surface area contributed by atoms with Crippen molar-refractivity contribution in [2.75, 3.05) is 0 Å². The number of aryl methyl sites for hydroxylation is 1. The number of hydrogen-bond acceptors (Lipinski definition) is 1. The van der Waals surface area contributed by atoms with Gasteiger partial charge in [0.15, 0.2) is 0 Å². The van der Waals surface area contributed by atoms with Gasteiger partial charge < -0.3 is 5.73 Å². The fourth-order valence-corrected chi connectivity index (χ4v) is 4.80. The van der Waals surface area contributed by atoms with E-state index in [1.807, 2.05) is 6.07 Å². The Balaban J connectivity index is 1.68. The number of nitrogens with two attached hydrogens (primary N) is 1. The minimum atomic E-state index is -0.288. The van der Waals surface area contributed by atoms with E-state index in [1.54, 1.807) is 0 Å². The van der Waals surface area contributed by atoms with Crippen molar-refractivity contribution in [1.29, 1.82) is 0 Å². The summed E-state index contributed by atoms with van der Waals surface area (Å²) in [5, 5.41) is 0. The van der Waals surface area contributed by atoms with Crippen molar-refractivity contribution in [3.05, 3.63) is 70.3 Å². The highest BCUT2D eigenvalue weighted by Crippen LogP contribution is 2.38. The van der Waals surface area contributed by atoms with Gasteiger partial charge in [0.2, 0.25) is 5.91 Å². The van der Waals surface area contributed by atoms with Gasteiger partial charge in [0.25, 0.3) is 0 Å². The molecule has 2 aromatic rings. The molecular weight excluding hydrogens is 306 g/mol. The van der Waals surface area contributed by atoms with Gasteiger partial charge in [-0.25, -0.2) is 0 Å². The van der Waals surface area contributed by atoms with Crippen LogP contribution in [-0.4, -0.2) is 5.91 Å². The summed E-state index contributed by atoms with van der Waals surface area (Å²) in [6.45, 7) is 0. The third-order valence-electron chi connectivity index (χ3n) is 6.20. The van der Waals surface area contributed by atoms with Gasteiger partial charge in [-0.1, -0.05) is 55.7 Å². The lowest BCUT2D eigenvalue weighted by Gasteiger charge is -2.28. The molecule has 1 atom stereocenters. The number of benzene rings is 2. The minimum absolute atomic E-state index is 0.288. The molecule has 0 heterocycles. The van der Waals surface area contributed by atoms with E-state index < -0.39 is 0 Å². The fraction of sp³-hybridized carbons (Fsp3) is 0.435. The molecule has 1 fully saturated rings. The third kappa shape index (κ3) is 3.35. The Morgan fingerprint density at radius 3 is 2.40 bits per heavy atom. The summed E-state index contributed by atoms with van der Waals surface area (Å²) in [5.41, 5.74) is 11.9. The minimum Gasteiger partial charge on any atom is -0.366 e. The molecule has 0 bridgehead atoms. The van der Waals surface area contributed by atoms with Crippen LogP contribution in [0, 0.1) is 0 Å². The van der Waals surface area contributed by atoms with Crippen molar-refractivity contribution >= 4 is 5.91 Å². The molecule has 0 aromatic heterocycles. The summed E-state index contributed by atoms with van der Waals surface area (Å²) in [6, 6.07) is 15.2. The van der Waals surface area contributed by atoms with Crippen LogP contribution in [-0.2, 0) is 12.8 Å². The van der Waals surface area contributed by atoms with Gasteiger partial charge in [0.1, 0.15) is 0 Å². The van der Waals surface area contributed by atoms with E-state index >= 15 is 0 Å². The number of carbonyl (C=O) groups is 1. The zero-order valence-corrected chi connectivity index (χ0v) is 14.8. The molecule has 0 aliphatic heterocycles. The number of carbonyl (C=O) groups excluding carboxylic acids is 1. The quantitative estimate of drug-likeness (QED) is 0.833. The monoisotopic (exact) mass is 333 g/mol. The van der Waals surface area contributed by atoms with Crippen LogP contribution in [0.5, 0.6) is 0 Å². The largest absolute Gasteiger partial charge is 0.366 e. The van der Waals surface area contributed by atoms with Crippen molar-refractivity contribution in [2.24, 2.45) is 5.73 Å². The number of rotatable bonds is 3. The van der Waals surface area contributed by atoms with Gasteiger partial charge in [-0.15, -0.1) is 0 Å². The Labute approximate surface area is 150 Å². The van der Waals surface area contributed by atoms with Gasteiger partial charge in [-0.3, -0.25) is 4.79 Å². The van der Waals surface area contributed by atoms with Crippen LogP contribution in [0.2, 0.25) is 0 Å². The summed E-state index contributed by atoms with van der Waals surface area (Å²) < 4.78 is 0. The Bertz CT molecular complexity index is 773. The molecule has 0 saturated heterocycles. The highest BCUT2D eigenvalue weighted by atomic mass is 16.1. The maximum atomic E-state index is 12.0. The molecule has 1 amide bonds. The van der Waals surface area contributed by atoms with Crippen molar-refractivity contribution < 1.29 is 4.79 Å². The van der Waals surface area contributed by atoms with Crippen molar-refractivity contribution in [2.45, 2.75) is 63.2 Å². The third-order valence-corrected chi connectivity index (χ3v) is 6.20. The average Bonchev–Trinajstić information content (AvgIpc) is 2.67. The van der Waals surface area contributed by atoms with Gasteiger partial charge in [0.05, 0.1) is 0 Å². The summed E-state index contributed by atoms with van der Waals surface area (Å²) in [6.07, 6.45) is 9.79. The highest BCUT2D eigenvalue weighted by molar-refractivity contribution is 5.94. The standard InChI is InChI=1S/C23H27NO/c24-23(25)21-13-12-19(16-6-2-1-3-7-16)15-22(21)20-11-10-17-8-4-5-9-18(17)14-20/h4-5,8-9,12-13,15-16,20H,1-3,6-7,10-11,14H2,(H2,24,25).